The number of rotatable bonds is 1. The highest BCUT2D eigenvalue weighted by atomic mass is 127. The van der Waals surface area contributed by atoms with Crippen molar-refractivity contribution in [2.45, 2.75) is 19.4 Å². The summed E-state index contributed by atoms with van der Waals surface area (Å²) in [4.78, 5) is 25.2. The van der Waals surface area contributed by atoms with E-state index in [0.29, 0.717) is 9.26 Å². The van der Waals surface area contributed by atoms with Gasteiger partial charge in [-0.15, -0.1) is 0 Å². The molecule has 96 valence electrons. The van der Waals surface area contributed by atoms with Crippen molar-refractivity contribution < 1.29 is 14.0 Å². The first-order valence-electron chi connectivity index (χ1n) is 5.39. The maximum absolute atomic E-state index is 13.1. The number of piperazine rings is 1. The number of amides is 2. The van der Waals surface area contributed by atoms with Gasteiger partial charge in [-0.05, 0) is 54.6 Å². The summed E-state index contributed by atoms with van der Waals surface area (Å²) in [6, 6.07) is 4.14. The number of halogens is 2. The zero-order chi connectivity index (χ0) is 13.5. The molecular formula is C12H12FIN2O2. The van der Waals surface area contributed by atoms with E-state index in [1.54, 1.807) is 13.8 Å². The van der Waals surface area contributed by atoms with Crippen LogP contribution in [0.2, 0.25) is 0 Å². The van der Waals surface area contributed by atoms with Crippen LogP contribution in [0.15, 0.2) is 18.2 Å². The zero-order valence-corrected chi connectivity index (χ0v) is 12.1. The number of hydrogen-bond acceptors (Lipinski definition) is 2. The Kier molecular flexibility index (Phi) is 3.31. The van der Waals surface area contributed by atoms with Crippen molar-refractivity contribution in [3.63, 3.8) is 0 Å². The Hall–Kier alpha value is -1.18. The van der Waals surface area contributed by atoms with Crippen molar-refractivity contribution in [1.82, 2.24) is 5.32 Å². The summed E-state index contributed by atoms with van der Waals surface area (Å²) < 4.78 is 13.7. The number of nitrogens with zero attached hydrogens (tertiary/aromatic N) is 1. The van der Waals surface area contributed by atoms with Gasteiger partial charge in [0.05, 0.1) is 5.69 Å². The largest absolute Gasteiger partial charge is 0.341 e. The number of hydrogen-bond donors (Lipinski definition) is 1. The molecule has 0 bridgehead atoms. The number of benzene rings is 1. The molecule has 1 aromatic carbocycles. The second-order valence-corrected chi connectivity index (χ2v) is 5.82. The number of carbonyl (C=O) groups excluding carboxylic acids is 2. The molecule has 1 aliphatic rings. The van der Waals surface area contributed by atoms with E-state index in [9.17, 15) is 14.0 Å². The summed E-state index contributed by atoms with van der Waals surface area (Å²) >= 11 is 1.95. The lowest BCUT2D eigenvalue weighted by molar-refractivity contribution is -0.134. The van der Waals surface area contributed by atoms with Gasteiger partial charge >= 0.3 is 0 Å². The van der Waals surface area contributed by atoms with Gasteiger partial charge in [0.1, 0.15) is 17.9 Å². The van der Waals surface area contributed by atoms with Gasteiger partial charge in [0, 0.05) is 3.57 Å². The first kappa shape index (κ1) is 13.3. The second-order valence-electron chi connectivity index (χ2n) is 4.66. The molecule has 0 aliphatic carbocycles. The van der Waals surface area contributed by atoms with E-state index in [0.717, 1.165) is 0 Å². The molecule has 1 aliphatic heterocycles. The highest BCUT2D eigenvalue weighted by Gasteiger charge is 2.40. The Morgan fingerprint density at radius 2 is 2.06 bits per heavy atom. The molecule has 0 radical (unpaired) electrons. The normalized spacial score (nSPS) is 18.8. The van der Waals surface area contributed by atoms with Crippen molar-refractivity contribution in [2.75, 3.05) is 11.4 Å². The third-order valence-electron chi connectivity index (χ3n) is 2.73. The van der Waals surface area contributed by atoms with Crippen LogP contribution < -0.4 is 10.2 Å². The van der Waals surface area contributed by atoms with Gasteiger partial charge in [0.2, 0.25) is 5.91 Å². The van der Waals surface area contributed by atoms with E-state index < -0.39 is 5.54 Å². The molecule has 1 N–H and O–H groups in total. The van der Waals surface area contributed by atoms with Crippen LogP contribution in [0.25, 0.3) is 0 Å². The summed E-state index contributed by atoms with van der Waals surface area (Å²) in [5.41, 5.74) is -0.378. The van der Waals surface area contributed by atoms with Crippen LogP contribution >= 0.6 is 22.6 Å². The fourth-order valence-corrected chi connectivity index (χ4v) is 2.66. The van der Waals surface area contributed by atoms with Crippen molar-refractivity contribution in [3.8, 4) is 0 Å². The molecule has 0 atom stereocenters. The van der Waals surface area contributed by atoms with Gasteiger partial charge in [0.15, 0.2) is 0 Å². The molecule has 2 rings (SSSR count). The fourth-order valence-electron chi connectivity index (χ4n) is 1.89. The van der Waals surface area contributed by atoms with Crippen molar-refractivity contribution in [1.29, 1.82) is 0 Å². The minimum Gasteiger partial charge on any atom is -0.341 e. The van der Waals surface area contributed by atoms with E-state index in [-0.39, 0.29) is 24.2 Å². The van der Waals surface area contributed by atoms with Crippen LogP contribution in [-0.2, 0) is 9.59 Å². The molecule has 4 nitrogen and oxygen atoms in total. The number of carbonyl (C=O) groups is 2. The molecule has 0 unspecified atom stereocenters. The Labute approximate surface area is 118 Å². The van der Waals surface area contributed by atoms with Gasteiger partial charge in [-0.1, -0.05) is 0 Å². The smallest absolute Gasteiger partial charge is 0.252 e. The third-order valence-corrected chi connectivity index (χ3v) is 3.60. The van der Waals surface area contributed by atoms with Crippen LogP contribution in [0.3, 0.4) is 0 Å². The second kappa shape index (κ2) is 4.49. The van der Waals surface area contributed by atoms with Gasteiger partial charge in [-0.3, -0.25) is 14.5 Å². The summed E-state index contributed by atoms with van der Waals surface area (Å²) in [6.07, 6.45) is 0. The highest BCUT2D eigenvalue weighted by molar-refractivity contribution is 14.1. The summed E-state index contributed by atoms with van der Waals surface area (Å²) in [5, 5.41) is 2.63. The number of anilines is 1. The van der Waals surface area contributed by atoms with E-state index in [2.05, 4.69) is 5.32 Å². The first-order chi connectivity index (χ1) is 8.31. The minimum atomic E-state index is -0.938. The van der Waals surface area contributed by atoms with Crippen molar-refractivity contribution in [2.24, 2.45) is 0 Å². The average molecular weight is 362 g/mol. The summed E-state index contributed by atoms with van der Waals surface area (Å²) in [7, 11) is 0. The predicted molar refractivity (Wildman–Crippen MR) is 73.7 cm³/mol. The lowest BCUT2D eigenvalue weighted by atomic mass is 10.00. The Morgan fingerprint density at radius 3 is 2.67 bits per heavy atom. The molecule has 0 saturated carbocycles. The van der Waals surface area contributed by atoms with Gasteiger partial charge in [-0.25, -0.2) is 4.39 Å². The minimum absolute atomic E-state index is 0.0378. The topological polar surface area (TPSA) is 49.4 Å². The summed E-state index contributed by atoms with van der Waals surface area (Å²) in [6.45, 7) is 3.26. The lowest BCUT2D eigenvalue weighted by Crippen LogP contribution is -2.64. The van der Waals surface area contributed by atoms with Crippen LogP contribution in [-0.4, -0.2) is 23.9 Å². The van der Waals surface area contributed by atoms with Crippen LogP contribution in [0, 0.1) is 9.39 Å². The maximum Gasteiger partial charge on any atom is 0.252 e. The molecule has 0 aromatic heterocycles. The predicted octanol–water partition coefficient (Wildman–Crippen LogP) is 1.67. The zero-order valence-electron chi connectivity index (χ0n) is 9.96. The molecule has 0 spiro atoms. The quantitative estimate of drug-likeness (QED) is 0.773. The van der Waals surface area contributed by atoms with Gasteiger partial charge in [-0.2, -0.15) is 0 Å². The fraction of sp³-hybridized carbons (Fsp3) is 0.333. The van der Waals surface area contributed by atoms with Crippen molar-refractivity contribution in [3.05, 3.63) is 27.6 Å². The SMILES string of the molecule is CC1(C)NC(=O)CN(c2ccc(F)cc2I)C1=O. The molecule has 6 heteroatoms. The standard InChI is InChI=1S/C12H12FIN2O2/c1-12(2)11(18)16(6-10(17)15-12)9-4-3-7(13)5-8(9)14/h3-5H,6H2,1-2H3,(H,15,17). The number of nitrogens with one attached hydrogen (secondary N) is 1. The molecule has 1 fully saturated rings. The Balaban J connectivity index is 2.43. The van der Waals surface area contributed by atoms with E-state index in [4.69, 9.17) is 0 Å². The third kappa shape index (κ3) is 2.33. The van der Waals surface area contributed by atoms with E-state index in [1.807, 2.05) is 22.6 Å². The molecule has 1 aromatic rings. The molecule has 1 saturated heterocycles. The molecule has 18 heavy (non-hydrogen) atoms. The van der Waals surface area contributed by atoms with Gasteiger partial charge < -0.3 is 5.32 Å². The van der Waals surface area contributed by atoms with Crippen LogP contribution in [0.5, 0.6) is 0 Å². The highest BCUT2D eigenvalue weighted by Crippen LogP contribution is 2.27. The van der Waals surface area contributed by atoms with Crippen LogP contribution in [0.4, 0.5) is 10.1 Å². The van der Waals surface area contributed by atoms with Crippen molar-refractivity contribution >= 4 is 40.1 Å². The molecule has 2 amide bonds. The average Bonchev–Trinajstić information content (AvgIpc) is 2.23. The van der Waals surface area contributed by atoms with Crippen LogP contribution in [0.1, 0.15) is 13.8 Å². The van der Waals surface area contributed by atoms with E-state index in [1.165, 1.54) is 23.1 Å². The molecule has 1 heterocycles. The Bertz CT molecular complexity index is 531. The summed E-state index contributed by atoms with van der Waals surface area (Å²) in [5.74, 6) is -0.789. The monoisotopic (exact) mass is 362 g/mol. The molecular weight excluding hydrogens is 350 g/mol. The first-order valence-corrected chi connectivity index (χ1v) is 6.47. The lowest BCUT2D eigenvalue weighted by Gasteiger charge is -2.37. The van der Waals surface area contributed by atoms with E-state index >= 15 is 0 Å². The maximum atomic E-state index is 13.1. The van der Waals surface area contributed by atoms with Gasteiger partial charge in [0.25, 0.3) is 5.91 Å². The Morgan fingerprint density at radius 1 is 1.39 bits per heavy atom.